The third kappa shape index (κ3) is 4.84. The SMILES string of the molecule is Cc1[nH]nc2nc(-c3ccc(NS(=O)(=O)c4cc(Cl)ccc4F)cc3)nc(OC3CCNCC3F)c12. The maximum Gasteiger partial charge on any atom is 0.264 e. The Morgan fingerprint density at radius 3 is 2.69 bits per heavy atom. The molecule has 0 bridgehead atoms. The number of hydrogen-bond donors (Lipinski definition) is 3. The molecule has 0 aliphatic carbocycles. The Kier molecular flexibility index (Phi) is 6.49. The van der Waals surface area contributed by atoms with Crippen molar-refractivity contribution in [1.82, 2.24) is 25.5 Å². The van der Waals surface area contributed by atoms with Crippen LogP contribution < -0.4 is 14.8 Å². The lowest BCUT2D eigenvalue weighted by atomic mass is 10.1. The Morgan fingerprint density at radius 2 is 1.94 bits per heavy atom. The van der Waals surface area contributed by atoms with Crippen LogP contribution in [0.25, 0.3) is 22.4 Å². The Bertz CT molecular complexity index is 1530. The number of anilines is 1. The molecule has 3 N–H and O–H groups in total. The van der Waals surface area contributed by atoms with E-state index in [2.05, 4.69) is 30.2 Å². The molecular weight excluding hydrogens is 514 g/mol. The van der Waals surface area contributed by atoms with Crippen LogP contribution in [0.3, 0.4) is 0 Å². The van der Waals surface area contributed by atoms with Crippen molar-refractivity contribution in [2.75, 3.05) is 17.8 Å². The number of sulfonamides is 1. The monoisotopic (exact) mass is 534 g/mol. The van der Waals surface area contributed by atoms with Crippen molar-refractivity contribution < 1.29 is 21.9 Å². The first-order valence-electron chi connectivity index (χ1n) is 11.0. The Hall–Kier alpha value is -3.35. The molecule has 36 heavy (non-hydrogen) atoms. The maximum absolute atomic E-state index is 14.4. The molecule has 13 heteroatoms. The van der Waals surface area contributed by atoms with Crippen LogP contribution in [0, 0.1) is 12.7 Å². The second-order valence-corrected chi connectivity index (χ2v) is 10.4. The third-order valence-electron chi connectivity index (χ3n) is 5.75. The first kappa shape index (κ1) is 24.3. The highest BCUT2D eigenvalue weighted by Crippen LogP contribution is 2.31. The highest BCUT2D eigenvalue weighted by molar-refractivity contribution is 7.92. The van der Waals surface area contributed by atoms with Crippen molar-refractivity contribution in [3.8, 4) is 17.3 Å². The molecule has 2 aromatic heterocycles. The van der Waals surface area contributed by atoms with E-state index < -0.39 is 33.0 Å². The lowest BCUT2D eigenvalue weighted by molar-refractivity contribution is 0.0707. The molecule has 2 atom stereocenters. The van der Waals surface area contributed by atoms with Crippen molar-refractivity contribution in [3.05, 3.63) is 59.0 Å². The Balaban J connectivity index is 1.44. The van der Waals surface area contributed by atoms with Gasteiger partial charge in [-0.3, -0.25) is 9.82 Å². The minimum atomic E-state index is -4.21. The largest absolute Gasteiger partial charge is 0.471 e. The Labute approximate surface area is 210 Å². The number of halogens is 3. The van der Waals surface area contributed by atoms with Gasteiger partial charge >= 0.3 is 0 Å². The number of nitrogens with one attached hydrogen (secondary N) is 3. The van der Waals surface area contributed by atoms with Crippen LogP contribution in [0.15, 0.2) is 47.4 Å². The molecule has 1 saturated heterocycles. The number of alkyl halides is 1. The quantitative estimate of drug-likeness (QED) is 0.342. The van der Waals surface area contributed by atoms with E-state index >= 15 is 0 Å². The van der Waals surface area contributed by atoms with Crippen molar-refractivity contribution >= 4 is 38.3 Å². The molecule has 0 saturated carbocycles. The third-order valence-corrected chi connectivity index (χ3v) is 7.38. The number of hydrogen-bond acceptors (Lipinski definition) is 7. The number of benzene rings is 2. The minimum absolute atomic E-state index is 0.0925. The highest BCUT2D eigenvalue weighted by Gasteiger charge is 2.28. The average Bonchev–Trinajstić information content (AvgIpc) is 3.23. The maximum atomic E-state index is 14.4. The van der Waals surface area contributed by atoms with E-state index in [1.807, 2.05) is 0 Å². The molecular formula is C23H21ClF2N6O3S. The van der Waals surface area contributed by atoms with Gasteiger partial charge in [-0.15, -0.1) is 0 Å². The average molecular weight is 535 g/mol. The number of rotatable bonds is 6. The van der Waals surface area contributed by atoms with Gasteiger partial charge in [0, 0.05) is 28.5 Å². The molecule has 4 aromatic rings. The van der Waals surface area contributed by atoms with Crippen LogP contribution in [-0.4, -0.2) is 53.9 Å². The van der Waals surface area contributed by atoms with E-state index in [1.165, 1.54) is 18.2 Å². The van der Waals surface area contributed by atoms with Crippen LogP contribution in [0.2, 0.25) is 5.02 Å². The molecule has 1 aliphatic heterocycles. The van der Waals surface area contributed by atoms with Crippen molar-refractivity contribution in [3.63, 3.8) is 0 Å². The summed E-state index contributed by atoms with van der Waals surface area (Å²) in [5, 5.41) is 10.7. The summed E-state index contributed by atoms with van der Waals surface area (Å²) in [7, 11) is -4.21. The summed E-state index contributed by atoms with van der Waals surface area (Å²) >= 11 is 5.83. The standard InChI is InChI=1S/C23H21ClF2N6O3S/c1-12-20-22(31-30-12)28-21(29-23(20)35-18-8-9-27-11-17(18)26)13-2-5-15(6-3-13)32-36(33,34)19-10-14(24)4-7-16(19)25/h2-7,10,17-18,27,32H,8-9,11H2,1H3,(H,28,29,30,31). The van der Waals surface area contributed by atoms with Gasteiger partial charge < -0.3 is 10.1 Å². The van der Waals surface area contributed by atoms with Crippen LogP contribution >= 0.6 is 11.6 Å². The number of piperidine rings is 1. The predicted octanol–water partition coefficient (Wildman–Crippen LogP) is 4.00. The first-order valence-corrected chi connectivity index (χ1v) is 12.9. The van der Waals surface area contributed by atoms with E-state index in [9.17, 15) is 17.2 Å². The number of nitrogens with zero attached hydrogens (tertiary/aromatic N) is 3. The van der Waals surface area contributed by atoms with Gasteiger partial charge in [0.25, 0.3) is 10.0 Å². The predicted molar refractivity (Wildman–Crippen MR) is 131 cm³/mol. The zero-order valence-electron chi connectivity index (χ0n) is 18.9. The number of fused-ring (bicyclic) bond motifs is 1. The van der Waals surface area contributed by atoms with Crippen LogP contribution in [0.5, 0.6) is 5.88 Å². The van der Waals surface area contributed by atoms with Gasteiger partial charge in [0.1, 0.15) is 28.4 Å². The number of aromatic nitrogens is 4. The molecule has 1 fully saturated rings. The van der Waals surface area contributed by atoms with Crippen molar-refractivity contribution in [2.45, 2.75) is 30.5 Å². The van der Waals surface area contributed by atoms with Crippen LogP contribution in [0.1, 0.15) is 12.1 Å². The summed E-state index contributed by atoms with van der Waals surface area (Å²) in [5.74, 6) is -0.433. The van der Waals surface area contributed by atoms with Crippen LogP contribution in [-0.2, 0) is 10.0 Å². The molecule has 188 valence electrons. The highest BCUT2D eigenvalue weighted by atomic mass is 35.5. The summed E-state index contributed by atoms with van der Waals surface area (Å²) in [4.78, 5) is 8.43. The number of H-pyrrole nitrogens is 1. The van der Waals surface area contributed by atoms with E-state index in [0.717, 1.165) is 12.1 Å². The topological polar surface area (TPSA) is 122 Å². The molecule has 9 nitrogen and oxygen atoms in total. The molecule has 3 heterocycles. The lowest BCUT2D eigenvalue weighted by Gasteiger charge is -2.27. The summed E-state index contributed by atoms with van der Waals surface area (Å²) in [5.41, 5.74) is 1.79. The number of ether oxygens (including phenoxy) is 1. The molecule has 1 aliphatic rings. The minimum Gasteiger partial charge on any atom is -0.471 e. The van der Waals surface area contributed by atoms with Gasteiger partial charge in [0.05, 0.1) is 0 Å². The molecule has 5 rings (SSSR count). The number of aromatic amines is 1. The normalized spacial score (nSPS) is 18.3. The van der Waals surface area contributed by atoms with Gasteiger partial charge in [0.2, 0.25) is 5.88 Å². The summed E-state index contributed by atoms with van der Waals surface area (Å²) in [6, 6.07) is 9.46. The van der Waals surface area contributed by atoms with Gasteiger partial charge in [-0.2, -0.15) is 10.1 Å². The summed E-state index contributed by atoms with van der Waals surface area (Å²) in [6.45, 7) is 2.63. The van der Waals surface area contributed by atoms with E-state index in [-0.39, 0.29) is 29.0 Å². The fourth-order valence-electron chi connectivity index (χ4n) is 3.90. The zero-order valence-corrected chi connectivity index (χ0v) is 20.5. The van der Waals surface area contributed by atoms with Crippen LogP contribution in [0.4, 0.5) is 14.5 Å². The fraction of sp³-hybridized carbons (Fsp3) is 0.261. The van der Waals surface area contributed by atoms with Crippen molar-refractivity contribution in [1.29, 1.82) is 0 Å². The second-order valence-electron chi connectivity index (χ2n) is 8.32. The van der Waals surface area contributed by atoms with Gasteiger partial charge in [-0.25, -0.2) is 22.2 Å². The molecule has 0 amide bonds. The first-order chi connectivity index (χ1) is 17.2. The fourth-order valence-corrected chi connectivity index (χ4v) is 5.30. The zero-order chi connectivity index (χ0) is 25.4. The van der Waals surface area contributed by atoms with E-state index in [4.69, 9.17) is 16.3 Å². The van der Waals surface area contributed by atoms with Gasteiger partial charge in [-0.1, -0.05) is 11.6 Å². The molecule has 0 radical (unpaired) electrons. The number of aryl methyl sites for hydroxylation is 1. The van der Waals surface area contributed by atoms with Gasteiger partial charge in [0.15, 0.2) is 11.5 Å². The van der Waals surface area contributed by atoms with E-state index in [0.29, 0.717) is 35.3 Å². The lowest BCUT2D eigenvalue weighted by Crippen LogP contribution is -2.44. The second kappa shape index (κ2) is 9.60. The van der Waals surface area contributed by atoms with Crippen molar-refractivity contribution in [2.24, 2.45) is 0 Å². The van der Waals surface area contributed by atoms with E-state index in [1.54, 1.807) is 19.1 Å². The van der Waals surface area contributed by atoms with Gasteiger partial charge in [-0.05, 0) is 62.4 Å². The smallest absolute Gasteiger partial charge is 0.264 e. The molecule has 0 spiro atoms. The summed E-state index contributed by atoms with van der Waals surface area (Å²) in [6.07, 6.45) is -1.35. The summed E-state index contributed by atoms with van der Waals surface area (Å²) < 4.78 is 62.1. The Morgan fingerprint density at radius 1 is 1.17 bits per heavy atom. The molecule has 2 unspecified atom stereocenters. The molecule has 2 aromatic carbocycles.